The van der Waals surface area contributed by atoms with Crippen molar-refractivity contribution >= 4 is 11.7 Å². The highest BCUT2D eigenvalue weighted by Crippen LogP contribution is 2.27. The largest absolute Gasteiger partial charge is 0.393 e. The van der Waals surface area contributed by atoms with Gasteiger partial charge in [0, 0.05) is 11.8 Å². The zero-order chi connectivity index (χ0) is 13.7. The average molecular weight is 245 g/mol. The zero-order valence-corrected chi connectivity index (χ0v) is 10.8. The number of rotatable bonds is 7. The number of carbonyl (C=O) groups excluding carboxylic acids is 2. The lowest BCUT2D eigenvalue weighted by Gasteiger charge is -2.31. The number of nitrogens with two attached hydrogens (primary N) is 1. The average Bonchev–Trinajstić information content (AvgIpc) is 2.21. The summed E-state index contributed by atoms with van der Waals surface area (Å²) in [7, 11) is 0. The Kier molecular flexibility index (Phi) is 5.78. The van der Waals surface area contributed by atoms with Gasteiger partial charge < -0.3 is 15.9 Å². The Morgan fingerprint density at radius 3 is 2.06 bits per heavy atom. The van der Waals surface area contributed by atoms with E-state index in [0.717, 1.165) is 0 Å². The summed E-state index contributed by atoms with van der Waals surface area (Å²) in [4.78, 5) is 22.5. The summed E-state index contributed by atoms with van der Waals surface area (Å²) in [5, 5.41) is 19.2. The first-order valence-corrected chi connectivity index (χ1v) is 5.80. The Morgan fingerprint density at radius 2 is 1.71 bits per heavy atom. The summed E-state index contributed by atoms with van der Waals surface area (Å²) in [6, 6.07) is 0. The van der Waals surface area contributed by atoms with E-state index in [9.17, 15) is 14.7 Å². The van der Waals surface area contributed by atoms with Crippen molar-refractivity contribution in [2.45, 2.75) is 52.1 Å². The molecule has 4 N–H and O–H groups in total. The van der Waals surface area contributed by atoms with Crippen LogP contribution in [0, 0.1) is 5.41 Å². The lowest BCUT2D eigenvalue weighted by Crippen LogP contribution is -2.48. The van der Waals surface area contributed by atoms with Gasteiger partial charge in [-0.15, -0.1) is 0 Å². The Bertz CT molecular complexity index is 283. The summed E-state index contributed by atoms with van der Waals surface area (Å²) in [6.45, 7) is 4.48. The number of amides is 1. The molecular weight excluding hydrogens is 222 g/mol. The Hall–Kier alpha value is -0.940. The molecule has 1 unspecified atom stereocenters. The van der Waals surface area contributed by atoms with Crippen LogP contribution in [0.25, 0.3) is 0 Å². The van der Waals surface area contributed by atoms with Crippen LogP contribution < -0.4 is 5.73 Å². The minimum Gasteiger partial charge on any atom is -0.393 e. The highest BCUT2D eigenvalue weighted by Gasteiger charge is 2.41. The van der Waals surface area contributed by atoms with Crippen molar-refractivity contribution in [2.24, 2.45) is 11.1 Å². The number of unbranched alkanes of at least 4 members (excludes halogenated alkanes) is 1. The molecule has 5 heteroatoms. The van der Waals surface area contributed by atoms with Crippen LogP contribution in [0.3, 0.4) is 0 Å². The van der Waals surface area contributed by atoms with Crippen LogP contribution in [0.5, 0.6) is 0 Å². The number of primary amides is 1. The molecule has 5 nitrogen and oxygen atoms in total. The fraction of sp³-hybridized carbons (Fsp3) is 0.833. The van der Waals surface area contributed by atoms with Gasteiger partial charge in [-0.1, -0.05) is 20.8 Å². The first kappa shape index (κ1) is 16.1. The van der Waals surface area contributed by atoms with E-state index < -0.39 is 23.5 Å². The molecular formula is C12H23NO4. The molecule has 0 aliphatic rings. The van der Waals surface area contributed by atoms with E-state index in [1.807, 2.05) is 0 Å². The predicted octanol–water partition coefficient (Wildman–Crippen LogP) is 0.371. The molecule has 0 saturated carbocycles. The van der Waals surface area contributed by atoms with Crippen LogP contribution >= 0.6 is 0 Å². The standard InChI is InChI=1S/C12H23NO4/c1-11(2,3)10(16)12(17,8-14)7-5-4-6-9(13)15/h14,17H,4-8H2,1-3H3,(H2,13,15). The van der Waals surface area contributed by atoms with Gasteiger partial charge in [0.15, 0.2) is 5.78 Å². The van der Waals surface area contributed by atoms with Crippen molar-refractivity contribution in [3.05, 3.63) is 0 Å². The maximum Gasteiger partial charge on any atom is 0.217 e. The zero-order valence-electron chi connectivity index (χ0n) is 10.8. The molecule has 1 atom stereocenters. The molecule has 0 aromatic rings. The first-order valence-electron chi connectivity index (χ1n) is 5.80. The van der Waals surface area contributed by atoms with Crippen LogP contribution in [0.4, 0.5) is 0 Å². The quantitative estimate of drug-likeness (QED) is 0.564. The molecule has 0 aromatic carbocycles. The van der Waals surface area contributed by atoms with Gasteiger partial charge in [-0.25, -0.2) is 0 Å². The van der Waals surface area contributed by atoms with E-state index in [4.69, 9.17) is 10.8 Å². The Labute approximate surface area is 102 Å². The van der Waals surface area contributed by atoms with Gasteiger partial charge in [0.05, 0.1) is 6.61 Å². The third kappa shape index (κ3) is 5.28. The summed E-state index contributed by atoms with van der Waals surface area (Å²) in [5.74, 6) is -0.786. The van der Waals surface area contributed by atoms with E-state index in [0.29, 0.717) is 12.8 Å². The molecule has 0 aliphatic heterocycles. The highest BCUT2D eigenvalue weighted by atomic mass is 16.3. The number of carbonyl (C=O) groups is 2. The fourth-order valence-electron chi connectivity index (χ4n) is 1.68. The molecule has 0 aromatic heterocycles. The lowest BCUT2D eigenvalue weighted by atomic mass is 9.78. The maximum absolute atomic E-state index is 11.9. The molecule has 0 aliphatic carbocycles. The molecule has 0 bridgehead atoms. The van der Waals surface area contributed by atoms with Gasteiger partial charge in [0.25, 0.3) is 0 Å². The maximum atomic E-state index is 11.9. The van der Waals surface area contributed by atoms with Crippen molar-refractivity contribution in [3.8, 4) is 0 Å². The van der Waals surface area contributed by atoms with Crippen LogP contribution in [0.15, 0.2) is 0 Å². The van der Waals surface area contributed by atoms with E-state index >= 15 is 0 Å². The van der Waals surface area contributed by atoms with Crippen molar-refractivity contribution < 1.29 is 19.8 Å². The van der Waals surface area contributed by atoms with Gasteiger partial charge in [-0.3, -0.25) is 9.59 Å². The first-order chi connectivity index (χ1) is 7.63. The molecule has 0 saturated heterocycles. The normalized spacial score (nSPS) is 15.4. The topological polar surface area (TPSA) is 101 Å². The Balaban J connectivity index is 4.38. The summed E-state index contributed by atoms with van der Waals surface area (Å²) < 4.78 is 0. The predicted molar refractivity (Wildman–Crippen MR) is 64.2 cm³/mol. The summed E-state index contributed by atoms with van der Waals surface area (Å²) in [5.41, 5.74) is 2.57. The molecule has 0 radical (unpaired) electrons. The Morgan fingerprint density at radius 1 is 1.18 bits per heavy atom. The van der Waals surface area contributed by atoms with E-state index in [1.54, 1.807) is 20.8 Å². The number of hydrogen-bond donors (Lipinski definition) is 3. The highest BCUT2D eigenvalue weighted by molar-refractivity contribution is 5.91. The molecule has 0 spiro atoms. The van der Waals surface area contributed by atoms with Gasteiger partial charge >= 0.3 is 0 Å². The minimum absolute atomic E-state index is 0.146. The van der Waals surface area contributed by atoms with Crippen LogP contribution in [0.2, 0.25) is 0 Å². The van der Waals surface area contributed by atoms with Gasteiger partial charge in [-0.2, -0.15) is 0 Å². The molecule has 0 heterocycles. The van der Waals surface area contributed by atoms with Crippen molar-refractivity contribution in [1.29, 1.82) is 0 Å². The monoisotopic (exact) mass is 245 g/mol. The number of ketones is 1. The van der Waals surface area contributed by atoms with Crippen LogP contribution in [0.1, 0.15) is 46.5 Å². The van der Waals surface area contributed by atoms with Crippen molar-refractivity contribution in [3.63, 3.8) is 0 Å². The summed E-state index contributed by atoms with van der Waals surface area (Å²) in [6.07, 6.45) is 1.36. The second-order valence-corrected chi connectivity index (χ2v) is 5.44. The molecule has 100 valence electrons. The second kappa shape index (κ2) is 6.12. The lowest BCUT2D eigenvalue weighted by molar-refractivity contribution is -0.151. The molecule has 1 amide bonds. The van der Waals surface area contributed by atoms with Gasteiger partial charge in [0.1, 0.15) is 5.60 Å². The third-order valence-electron chi connectivity index (χ3n) is 2.63. The molecule has 0 fully saturated rings. The van der Waals surface area contributed by atoms with E-state index in [1.165, 1.54) is 0 Å². The van der Waals surface area contributed by atoms with E-state index in [2.05, 4.69) is 0 Å². The van der Waals surface area contributed by atoms with E-state index in [-0.39, 0.29) is 18.6 Å². The number of Topliss-reactive ketones (excluding diaryl/α,β-unsaturated/α-hetero) is 1. The SMILES string of the molecule is CC(C)(C)C(=O)C(O)(CO)CCCCC(N)=O. The van der Waals surface area contributed by atoms with Crippen LogP contribution in [-0.4, -0.2) is 34.1 Å². The number of aliphatic hydroxyl groups is 2. The summed E-state index contributed by atoms with van der Waals surface area (Å²) >= 11 is 0. The molecule has 0 rings (SSSR count). The number of hydrogen-bond acceptors (Lipinski definition) is 4. The van der Waals surface area contributed by atoms with Crippen molar-refractivity contribution in [1.82, 2.24) is 0 Å². The minimum atomic E-state index is -1.71. The third-order valence-corrected chi connectivity index (χ3v) is 2.63. The second-order valence-electron chi connectivity index (χ2n) is 5.44. The van der Waals surface area contributed by atoms with Gasteiger partial charge in [-0.05, 0) is 19.3 Å². The smallest absolute Gasteiger partial charge is 0.217 e. The fourth-order valence-corrected chi connectivity index (χ4v) is 1.68. The van der Waals surface area contributed by atoms with Crippen LogP contribution in [-0.2, 0) is 9.59 Å². The van der Waals surface area contributed by atoms with Crippen molar-refractivity contribution in [2.75, 3.05) is 6.61 Å². The number of aliphatic hydroxyl groups excluding tert-OH is 1. The molecule has 17 heavy (non-hydrogen) atoms. The van der Waals surface area contributed by atoms with Gasteiger partial charge in [0.2, 0.25) is 5.91 Å².